The molecule has 1 saturated heterocycles. The summed E-state index contributed by atoms with van der Waals surface area (Å²) in [7, 11) is 0. The van der Waals surface area contributed by atoms with Crippen molar-refractivity contribution >= 4 is 17.9 Å². The molecule has 1 amide bonds. The van der Waals surface area contributed by atoms with Gasteiger partial charge in [-0.25, -0.2) is 4.79 Å². The van der Waals surface area contributed by atoms with Crippen molar-refractivity contribution in [2.75, 3.05) is 12.4 Å². The number of alkyl carbamates (subject to hydrolysis) is 1. The third-order valence-corrected chi connectivity index (χ3v) is 8.13. The zero-order chi connectivity index (χ0) is 29.1. The van der Waals surface area contributed by atoms with Crippen LogP contribution in [0.3, 0.4) is 0 Å². The Morgan fingerprint density at radius 2 is 1.67 bits per heavy atom. The average molecular weight is 582 g/mol. The van der Waals surface area contributed by atoms with Gasteiger partial charge in [0.15, 0.2) is 6.29 Å². The van der Waals surface area contributed by atoms with E-state index in [0.29, 0.717) is 6.54 Å². The van der Waals surface area contributed by atoms with Gasteiger partial charge >= 0.3 is 6.09 Å². The molecule has 2 N–H and O–H groups in total. The van der Waals surface area contributed by atoms with Gasteiger partial charge in [0, 0.05) is 29.2 Å². The van der Waals surface area contributed by atoms with Gasteiger partial charge < -0.3 is 24.6 Å². The lowest BCUT2D eigenvalue weighted by molar-refractivity contribution is -0.245. The fraction of sp³-hybridized carbons (Fsp3) is 0.229. The molecule has 1 aliphatic rings. The Kier molecular flexibility index (Phi) is 10.5. The van der Waals surface area contributed by atoms with Gasteiger partial charge in [-0.15, -0.1) is 11.8 Å². The summed E-state index contributed by atoms with van der Waals surface area (Å²) in [5.74, 6) is 0.805. The van der Waals surface area contributed by atoms with Crippen LogP contribution in [0.5, 0.6) is 0 Å². The number of hydrogen-bond acceptors (Lipinski definition) is 6. The fourth-order valence-corrected chi connectivity index (χ4v) is 5.76. The molecule has 1 aliphatic heterocycles. The maximum Gasteiger partial charge on any atom is 0.407 e. The van der Waals surface area contributed by atoms with E-state index in [9.17, 15) is 9.90 Å². The summed E-state index contributed by atoms with van der Waals surface area (Å²) in [5, 5.41) is 12.3. The van der Waals surface area contributed by atoms with Crippen molar-refractivity contribution in [2.45, 2.75) is 43.0 Å². The predicted molar refractivity (Wildman–Crippen MR) is 166 cm³/mol. The van der Waals surface area contributed by atoms with Crippen LogP contribution in [0.25, 0.3) is 11.1 Å². The quantitative estimate of drug-likeness (QED) is 0.140. The van der Waals surface area contributed by atoms with Gasteiger partial charge in [0.1, 0.15) is 6.61 Å². The lowest BCUT2D eigenvalue weighted by Crippen LogP contribution is -2.31. The number of thioether (sulfide) groups is 1. The van der Waals surface area contributed by atoms with Crippen molar-refractivity contribution in [1.82, 2.24) is 5.32 Å². The van der Waals surface area contributed by atoms with E-state index in [1.54, 1.807) is 11.8 Å². The summed E-state index contributed by atoms with van der Waals surface area (Å²) in [4.78, 5) is 13.0. The molecule has 4 aromatic rings. The molecule has 0 radical (unpaired) electrons. The molecule has 7 heteroatoms. The number of aliphatic hydroxyl groups is 1. The molecule has 0 aliphatic carbocycles. The van der Waals surface area contributed by atoms with E-state index in [1.165, 1.54) is 11.0 Å². The Morgan fingerprint density at radius 1 is 0.905 bits per heavy atom. The second kappa shape index (κ2) is 14.8. The number of carbonyl (C=O) groups is 1. The Balaban J connectivity index is 1.34. The number of rotatable bonds is 11. The van der Waals surface area contributed by atoms with Crippen LogP contribution in [0.15, 0.2) is 121 Å². The molecule has 6 nitrogen and oxygen atoms in total. The third-order valence-electron chi connectivity index (χ3n) is 6.98. The lowest BCUT2D eigenvalue weighted by atomic mass is 9.99. The highest BCUT2D eigenvalue weighted by Gasteiger charge is 2.32. The highest BCUT2D eigenvalue weighted by Crippen LogP contribution is 2.40. The normalized spacial score (nSPS) is 18.3. The van der Waals surface area contributed by atoms with Crippen molar-refractivity contribution in [2.24, 2.45) is 0 Å². The average Bonchev–Trinajstić information content (AvgIpc) is 3.06. The molecule has 42 heavy (non-hydrogen) atoms. The van der Waals surface area contributed by atoms with Crippen LogP contribution < -0.4 is 5.32 Å². The van der Waals surface area contributed by atoms with Crippen LogP contribution in [0.1, 0.15) is 41.1 Å². The monoisotopic (exact) mass is 581 g/mol. The molecule has 1 heterocycles. The van der Waals surface area contributed by atoms with E-state index in [4.69, 9.17) is 14.2 Å². The van der Waals surface area contributed by atoms with Gasteiger partial charge in [0.25, 0.3) is 0 Å². The van der Waals surface area contributed by atoms with Crippen LogP contribution >= 0.6 is 11.8 Å². The summed E-state index contributed by atoms with van der Waals surface area (Å²) >= 11 is 1.78. The van der Waals surface area contributed by atoms with E-state index in [2.05, 4.69) is 42.2 Å². The predicted octanol–water partition coefficient (Wildman–Crippen LogP) is 7.60. The molecule has 3 atom stereocenters. The van der Waals surface area contributed by atoms with E-state index >= 15 is 0 Å². The first-order valence-electron chi connectivity index (χ1n) is 14.0. The van der Waals surface area contributed by atoms with Crippen LogP contribution in [-0.2, 0) is 27.4 Å². The standard InChI is InChI=1S/C35H35NO5S/c1-2-18-39-35(38)36-22-26-8-6-9-28(19-26)29-10-7-11-30(20-29)34-40-31(24-42-32-12-4-3-5-13-32)21-33(41-34)27-16-14-25(23-37)15-17-27/h2-17,19-20,31,33-34,37H,1,18,21-24H2,(H,36,38). The first kappa shape index (κ1) is 29.6. The van der Waals surface area contributed by atoms with Crippen molar-refractivity contribution in [3.05, 3.63) is 138 Å². The minimum absolute atomic E-state index is 0.0112. The van der Waals surface area contributed by atoms with Crippen molar-refractivity contribution in [1.29, 1.82) is 0 Å². The van der Waals surface area contributed by atoms with E-state index < -0.39 is 12.4 Å². The first-order chi connectivity index (χ1) is 20.6. The number of benzene rings is 4. The van der Waals surface area contributed by atoms with Crippen LogP contribution in [0.4, 0.5) is 4.79 Å². The molecule has 5 rings (SSSR count). The second-order valence-corrected chi connectivity index (χ2v) is 11.1. The van der Waals surface area contributed by atoms with Crippen molar-refractivity contribution in [3.8, 4) is 11.1 Å². The highest BCUT2D eigenvalue weighted by molar-refractivity contribution is 7.99. The largest absolute Gasteiger partial charge is 0.445 e. The Hall–Kier alpha value is -3.88. The summed E-state index contributed by atoms with van der Waals surface area (Å²) < 4.78 is 18.1. The highest BCUT2D eigenvalue weighted by atomic mass is 32.2. The Bertz CT molecular complexity index is 1460. The molecule has 1 fully saturated rings. The van der Waals surface area contributed by atoms with Crippen molar-refractivity contribution < 1.29 is 24.1 Å². The summed E-state index contributed by atoms with van der Waals surface area (Å²) in [6, 6.07) is 34.6. The van der Waals surface area contributed by atoms with Gasteiger partial charge in [-0.2, -0.15) is 0 Å². The number of hydrogen-bond donors (Lipinski definition) is 2. The fourth-order valence-electron chi connectivity index (χ4n) is 4.81. The maximum atomic E-state index is 11.8. The van der Waals surface area contributed by atoms with E-state index in [0.717, 1.165) is 45.6 Å². The molecule has 0 bridgehead atoms. The second-order valence-electron chi connectivity index (χ2n) is 10.0. The summed E-state index contributed by atoms with van der Waals surface area (Å²) in [6.07, 6.45) is 1.10. The van der Waals surface area contributed by atoms with Crippen LogP contribution in [0, 0.1) is 0 Å². The van der Waals surface area contributed by atoms with Crippen LogP contribution in [-0.4, -0.2) is 29.7 Å². The number of aliphatic hydroxyl groups excluding tert-OH is 1. The van der Waals surface area contributed by atoms with Gasteiger partial charge in [-0.1, -0.05) is 91.5 Å². The Morgan fingerprint density at radius 3 is 2.43 bits per heavy atom. The lowest BCUT2D eigenvalue weighted by Gasteiger charge is -2.36. The molecule has 0 aromatic heterocycles. The first-order valence-corrected chi connectivity index (χ1v) is 15.0. The van der Waals surface area contributed by atoms with E-state index in [1.807, 2.05) is 72.8 Å². The number of carbonyl (C=O) groups excluding carboxylic acids is 1. The van der Waals surface area contributed by atoms with Gasteiger partial charge in [0.2, 0.25) is 0 Å². The number of ether oxygens (including phenoxy) is 3. The number of nitrogens with one attached hydrogen (secondary N) is 1. The Labute approximate surface area is 251 Å². The molecular weight excluding hydrogens is 546 g/mol. The maximum absolute atomic E-state index is 11.8. The van der Waals surface area contributed by atoms with Crippen molar-refractivity contribution in [3.63, 3.8) is 0 Å². The van der Waals surface area contributed by atoms with Gasteiger partial charge in [-0.05, 0) is 52.1 Å². The van der Waals surface area contributed by atoms with Crippen LogP contribution in [0.2, 0.25) is 0 Å². The minimum Gasteiger partial charge on any atom is -0.445 e. The topological polar surface area (TPSA) is 77.0 Å². The number of amides is 1. The smallest absolute Gasteiger partial charge is 0.407 e. The third kappa shape index (κ3) is 8.11. The molecule has 3 unspecified atom stereocenters. The summed E-state index contributed by atoms with van der Waals surface area (Å²) in [5.41, 5.74) is 5.90. The molecule has 4 aromatic carbocycles. The minimum atomic E-state index is -0.535. The van der Waals surface area contributed by atoms with Gasteiger partial charge in [0.05, 0.1) is 18.8 Å². The SMILES string of the molecule is C=CCOC(=O)NCc1cccc(-c2cccc(C3OC(CSc4ccccc4)CC(c4ccc(CO)cc4)O3)c2)c1. The van der Waals surface area contributed by atoms with E-state index in [-0.39, 0.29) is 25.4 Å². The molecule has 216 valence electrons. The summed E-state index contributed by atoms with van der Waals surface area (Å²) in [6.45, 7) is 4.10. The zero-order valence-corrected chi connectivity index (χ0v) is 24.2. The van der Waals surface area contributed by atoms with Gasteiger partial charge in [-0.3, -0.25) is 0 Å². The molecular formula is C35H35NO5S. The molecule has 0 saturated carbocycles. The zero-order valence-electron chi connectivity index (χ0n) is 23.4. The molecule has 0 spiro atoms.